The van der Waals surface area contributed by atoms with Crippen LogP contribution in [0.25, 0.3) is 0 Å². The number of hydrogen-bond acceptors (Lipinski definition) is 2. The van der Waals surface area contributed by atoms with Crippen LogP contribution in [-0.4, -0.2) is 19.7 Å². The molecule has 0 unspecified atom stereocenters. The summed E-state index contributed by atoms with van der Waals surface area (Å²) in [6.07, 6.45) is 2.79. The van der Waals surface area contributed by atoms with E-state index in [4.69, 9.17) is 0 Å². The lowest BCUT2D eigenvalue weighted by Crippen LogP contribution is -2.16. The smallest absolute Gasteiger partial charge is 0.428 e. The topological polar surface area (TPSA) is 40.4 Å². The summed E-state index contributed by atoms with van der Waals surface area (Å²) in [5.74, 6) is 0. The maximum atomic E-state index is 10.4. The molecule has 0 aromatic heterocycles. The molecule has 1 amide bonds. The van der Waals surface area contributed by atoms with Crippen LogP contribution in [0.5, 0.6) is 0 Å². The van der Waals surface area contributed by atoms with Crippen molar-refractivity contribution in [1.29, 1.82) is 0 Å². The highest BCUT2D eigenvalue weighted by atomic mass is 16.5. The van der Waals surface area contributed by atoms with Crippen LogP contribution in [0.3, 0.4) is 0 Å². The van der Waals surface area contributed by atoms with Gasteiger partial charge in [-0.3, -0.25) is 0 Å². The first-order valence-corrected chi connectivity index (χ1v) is 3.56. The fraction of sp³-hybridized carbons (Fsp3) is 0.857. The molecular formula is C7H14NO2. The molecule has 0 N–H and O–H groups in total. The van der Waals surface area contributed by atoms with Crippen LogP contribution >= 0.6 is 0 Å². The molecular weight excluding hydrogens is 130 g/mol. The van der Waals surface area contributed by atoms with Crippen molar-refractivity contribution in [3.05, 3.63) is 0 Å². The zero-order valence-electron chi connectivity index (χ0n) is 6.59. The van der Waals surface area contributed by atoms with Crippen LogP contribution in [0.2, 0.25) is 0 Å². The van der Waals surface area contributed by atoms with Crippen LogP contribution in [0, 0.1) is 0 Å². The van der Waals surface area contributed by atoms with Crippen LogP contribution in [0.15, 0.2) is 0 Å². The van der Waals surface area contributed by atoms with Gasteiger partial charge in [0, 0.05) is 6.54 Å². The van der Waals surface area contributed by atoms with Gasteiger partial charge in [-0.15, -0.1) is 0 Å². The number of rotatable bonds is 4. The summed E-state index contributed by atoms with van der Waals surface area (Å²) in [5, 5.41) is 3.62. The Kier molecular flexibility index (Phi) is 5.92. The molecule has 59 valence electrons. The van der Waals surface area contributed by atoms with Gasteiger partial charge in [0.25, 0.3) is 0 Å². The number of ether oxygens (including phenoxy) is 1. The molecule has 0 saturated heterocycles. The molecule has 0 atom stereocenters. The molecule has 0 aromatic carbocycles. The van der Waals surface area contributed by atoms with Crippen molar-refractivity contribution in [2.24, 2.45) is 0 Å². The summed E-state index contributed by atoms with van der Waals surface area (Å²) in [6, 6.07) is 0. The van der Waals surface area contributed by atoms with Gasteiger partial charge in [-0.25, -0.2) is 10.1 Å². The average molecular weight is 144 g/mol. The molecule has 0 aromatic rings. The van der Waals surface area contributed by atoms with E-state index < -0.39 is 6.09 Å². The third kappa shape index (κ3) is 5.41. The third-order valence-electron chi connectivity index (χ3n) is 1.18. The standard InChI is InChI=1S/C7H14NO2/c1-3-4-5-6-8-7(9)10-2/h3-6H2,1-2H3. The number of hydrogen-bond donors (Lipinski definition) is 0. The van der Waals surface area contributed by atoms with Gasteiger partial charge in [-0.05, 0) is 6.42 Å². The van der Waals surface area contributed by atoms with E-state index in [0.717, 1.165) is 19.3 Å². The lowest BCUT2D eigenvalue weighted by atomic mass is 10.2. The molecule has 0 spiro atoms. The van der Waals surface area contributed by atoms with E-state index in [1.54, 1.807) is 0 Å². The predicted molar refractivity (Wildman–Crippen MR) is 38.9 cm³/mol. The summed E-state index contributed by atoms with van der Waals surface area (Å²) in [4.78, 5) is 10.4. The van der Waals surface area contributed by atoms with Crippen LogP contribution < -0.4 is 5.32 Å². The maximum absolute atomic E-state index is 10.4. The molecule has 3 heteroatoms. The van der Waals surface area contributed by atoms with Crippen LogP contribution in [0.1, 0.15) is 26.2 Å². The summed E-state index contributed by atoms with van der Waals surface area (Å²) < 4.78 is 4.32. The van der Waals surface area contributed by atoms with Gasteiger partial charge < -0.3 is 4.74 Å². The summed E-state index contributed by atoms with van der Waals surface area (Å²) in [5.41, 5.74) is 0. The average Bonchev–Trinajstić information content (AvgIpc) is 1.98. The Labute approximate surface area is 61.8 Å². The largest absolute Gasteiger partial charge is 0.452 e. The van der Waals surface area contributed by atoms with Gasteiger partial charge in [0.1, 0.15) is 0 Å². The summed E-state index contributed by atoms with van der Waals surface area (Å²) in [6.45, 7) is 2.71. The van der Waals surface area contributed by atoms with Gasteiger partial charge in [0.15, 0.2) is 0 Å². The first kappa shape index (κ1) is 9.27. The normalized spacial score (nSPS) is 9.00. The third-order valence-corrected chi connectivity index (χ3v) is 1.18. The van der Waals surface area contributed by atoms with Gasteiger partial charge in [-0.2, -0.15) is 0 Å². The predicted octanol–water partition coefficient (Wildman–Crippen LogP) is 1.55. The maximum Gasteiger partial charge on any atom is 0.428 e. The lowest BCUT2D eigenvalue weighted by molar-refractivity contribution is 0.170. The highest BCUT2D eigenvalue weighted by Crippen LogP contribution is 1.91. The first-order valence-electron chi connectivity index (χ1n) is 3.56. The van der Waals surface area contributed by atoms with Crippen LogP contribution in [-0.2, 0) is 4.74 Å². The molecule has 0 aliphatic carbocycles. The van der Waals surface area contributed by atoms with Crippen molar-refractivity contribution in [3.8, 4) is 0 Å². The van der Waals surface area contributed by atoms with Crippen molar-refractivity contribution < 1.29 is 9.53 Å². The second-order valence-electron chi connectivity index (χ2n) is 2.06. The zero-order chi connectivity index (χ0) is 7.82. The molecule has 0 aliphatic rings. The molecule has 0 fully saturated rings. The van der Waals surface area contributed by atoms with E-state index in [2.05, 4.69) is 17.0 Å². The minimum Gasteiger partial charge on any atom is -0.452 e. The Morgan fingerprint density at radius 2 is 2.20 bits per heavy atom. The van der Waals surface area contributed by atoms with E-state index in [-0.39, 0.29) is 0 Å². The summed E-state index contributed by atoms with van der Waals surface area (Å²) in [7, 11) is 1.34. The minimum atomic E-state index is -0.462. The fourth-order valence-electron chi connectivity index (χ4n) is 0.597. The summed E-state index contributed by atoms with van der Waals surface area (Å²) >= 11 is 0. The number of methoxy groups -OCH3 is 1. The van der Waals surface area contributed by atoms with Crippen molar-refractivity contribution in [2.45, 2.75) is 26.2 Å². The lowest BCUT2D eigenvalue weighted by Gasteiger charge is -1.97. The molecule has 0 rings (SSSR count). The van der Waals surface area contributed by atoms with Crippen molar-refractivity contribution in [1.82, 2.24) is 5.32 Å². The Morgan fingerprint density at radius 1 is 1.50 bits per heavy atom. The molecule has 1 radical (unpaired) electrons. The molecule has 0 saturated carbocycles. The number of carbonyl (C=O) groups excluding carboxylic acids is 1. The highest BCUT2D eigenvalue weighted by molar-refractivity contribution is 5.66. The fourth-order valence-corrected chi connectivity index (χ4v) is 0.597. The van der Waals surface area contributed by atoms with Gasteiger partial charge in [-0.1, -0.05) is 19.8 Å². The van der Waals surface area contributed by atoms with Crippen molar-refractivity contribution in [3.63, 3.8) is 0 Å². The second-order valence-corrected chi connectivity index (χ2v) is 2.06. The van der Waals surface area contributed by atoms with Crippen LogP contribution in [0.4, 0.5) is 4.79 Å². The van der Waals surface area contributed by atoms with E-state index in [1.165, 1.54) is 7.11 Å². The van der Waals surface area contributed by atoms with E-state index >= 15 is 0 Å². The van der Waals surface area contributed by atoms with Crippen molar-refractivity contribution in [2.75, 3.05) is 13.7 Å². The number of carbonyl (C=O) groups is 1. The van der Waals surface area contributed by atoms with E-state index in [9.17, 15) is 4.79 Å². The van der Waals surface area contributed by atoms with Gasteiger partial charge in [0.05, 0.1) is 7.11 Å². The van der Waals surface area contributed by atoms with Gasteiger partial charge >= 0.3 is 6.09 Å². The zero-order valence-corrected chi connectivity index (χ0v) is 6.59. The first-order chi connectivity index (χ1) is 4.81. The Hall–Kier alpha value is -0.730. The monoisotopic (exact) mass is 144 g/mol. The Bertz CT molecular complexity index is 93.6. The van der Waals surface area contributed by atoms with E-state index in [0.29, 0.717) is 6.54 Å². The molecule has 0 heterocycles. The van der Waals surface area contributed by atoms with Gasteiger partial charge in [0.2, 0.25) is 0 Å². The Balaban J connectivity index is 2.96. The van der Waals surface area contributed by atoms with E-state index in [1.807, 2.05) is 0 Å². The quantitative estimate of drug-likeness (QED) is 0.561. The molecule has 0 aliphatic heterocycles. The number of nitrogens with zero attached hydrogens (tertiary/aromatic N) is 1. The molecule has 0 bridgehead atoms. The molecule has 10 heavy (non-hydrogen) atoms. The minimum absolute atomic E-state index is 0.462. The molecule has 3 nitrogen and oxygen atoms in total. The number of amides is 1. The number of unbranched alkanes of at least 4 members (excludes halogenated alkanes) is 2. The Morgan fingerprint density at radius 3 is 2.70 bits per heavy atom. The van der Waals surface area contributed by atoms with Crippen molar-refractivity contribution >= 4 is 6.09 Å². The highest BCUT2D eigenvalue weighted by Gasteiger charge is 1.97. The SMILES string of the molecule is CCCCC[N]C(=O)OC. The second kappa shape index (κ2) is 6.39.